The van der Waals surface area contributed by atoms with E-state index in [0.29, 0.717) is 12.6 Å². The molecule has 1 unspecified atom stereocenters. The summed E-state index contributed by atoms with van der Waals surface area (Å²) in [5, 5.41) is 14.3. The van der Waals surface area contributed by atoms with Crippen LogP contribution in [0.2, 0.25) is 0 Å². The van der Waals surface area contributed by atoms with Crippen LogP contribution in [0.5, 0.6) is 0 Å². The number of rotatable bonds is 6. The van der Waals surface area contributed by atoms with Gasteiger partial charge in [0.2, 0.25) is 0 Å². The molecule has 0 aliphatic rings. The van der Waals surface area contributed by atoms with E-state index in [1.54, 1.807) is 18.2 Å². The second-order valence-electron chi connectivity index (χ2n) is 4.75. The van der Waals surface area contributed by atoms with Gasteiger partial charge in [0.05, 0.1) is 11.5 Å². The first kappa shape index (κ1) is 14.3. The van der Waals surface area contributed by atoms with Gasteiger partial charge in [0.25, 0.3) is 5.69 Å². The number of aromatic nitrogens is 1. The number of nitro groups is 1. The zero-order chi connectivity index (χ0) is 14.5. The lowest BCUT2D eigenvalue weighted by molar-refractivity contribution is -0.385. The lowest BCUT2D eigenvalue weighted by Gasteiger charge is -2.11. The highest BCUT2D eigenvalue weighted by Crippen LogP contribution is 2.21. The third-order valence-electron chi connectivity index (χ3n) is 3.47. The fraction of sp³-hybridized carbons (Fsp3) is 0.333. The number of nitro benzene ring substituents is 1. The zero-order valence-electron chi connectivity index (χ0n) is 11.7. The summed E-state index contributed by atoms with van der Waals surface area (Å²) >= 11 is 0. The summed E-state index contributed by atoms with van der Waals surface area (Å²) in [6, 6.07) is 9.24. The van der Waals surface area contributed by atoms with Gasteiger partial charge >= 0.3 is 0 Å². The Morgan fingerprint density at radius 3 is 2.75 bits per heavy atom. The Bertz CT molecular complexity index is 588. The molecule has 5 heteroatoms. The summed E-state index contributed by atoms with van der Waals surface area (Å²) in [5.41, 5.74) is 2.09. The minimum Gasteiger partial charge on any atom is -0.349 e. The molecule has 1 atom stereocenters. The molecule has 1 aromatic carbocycles. The molecular weight excluding hydrogens is 254 g/mol. The van der Waals surface area contributed by atoms with E-state index in [2.05, 4.69) is 18.3 Å². The van der Waals surface area contributed by atoms with E-state index in [0.717, 1.165) is 12.0 Å². The van der Waals surface area contributed by atoms with Gasteiger partial charge < -0.3 is 9.88 Å². The van der Waals surface area contributed by atoms with Gasteiger partial charge in [-0.05, 0) is 25.1 Å². The Labute approximate surface area is 118 Å². The summed E-state index contributed by atoms with van der Waals surface area (Å²) in [6.07, 6.45) is 5.01. The third-order valence-corrected chi connectivity index (χ3v) is 3.47. The molecule has 0 bridgehead atoms. The van der Waals surface area contributed by atoms with Gasteiger partial charge in [-0.3, -0.25) is 10.1 Å². The summed E-state index contributed by atoms with van der Waals surface area (Å²) in [6.45, 7) is 2.64. The van der Waals surface area contributed by atoms with E-state index < -0.39 is 0 Å². The highest BCUT2D eigenvalue weighted by atomic mass is 16.6. The van der Waals surface area contributed by atoms with Crippen molar-refractivity contribution < 1.29 is 4.92 Å². The average molecular weight is 273 g/mol. The van der Waals surface area contributed by atoms with Gasteiger partial charge in [0.15, 0.2) is 0 Å². The molecular formula is C15H19N3O2. The fourth-order valence-electron chi connectivity index (χ4n) is 2.39. The smallest absolute Gasteiger partial charge is 0.274 e. The third kappa shape index (κ3) is 3.05. The number of para-hydroxylation sites is 1. The Morgan fingerprint density at radius 1 is 1.35 bits per heavy atom. The summed E-state index contributed by atoms with van der Waals surface area (Å²) < 4.78 is 1.98. The van der Waals surface area contributed by atoms with E-state index in [-0.39, 0.29) is 10.6 Å². The fourth-order valence-corrected chi connectivity index (χ4v) is 2.39. The van der Waals surface area contributed by atoms with Crippen molar-refractivity contribution in [3.8, 4) is 0 Å². The Hall–Kier alpha value is -2.14. The molecule has 0 radical (unpaired) electrons. The Balaban J connectivity index is 2.21. The average Bonchev–Trinajstić information content (AvgIpc) is 2.89. The molecule has 2 rings (SSSR count). The molecule has 0 amide bonds. The van der Waals surface area contributed by atoms with E-state index in [4.69, 9.17) is 0 Å². The molecule has 1 N–H and O–H groups in total. The minimum absolute atomic E-state index is 0.170. The number of hydrogen-bond acceptors (Lipinski definition) is 3. The van der Waals surface area contributed by atoms with E-state index >= 15 is 0 Å². The van der Waals surface area contributed by atoms with Crippen molar-refractivity contribution in [2.24, 2.45) is 0 Å². The molecule has 5 nitrogen and oxygen atoms in total. The van der Waals surface area contributed by atoms with Crippen LogP contribution in [0.4, 0.5) is 5.69 Å². The van der Waals surface area contributed by atoms with Crippen molar-refractivity contribution in [2.45, 2.75) is 25.9 Å². The van der Waals surface area contributed by atoms with Crippen molar-refractivity contribution >= 4 is 5.69 Å². The van der Waals surface area contributed by atoms with E-state index in [9.17, 15) is 10.1 Å². The minimum atomic E-state index is -0.331. The number of nitrogens with zero attached hydrogens (tertiary/aromatic N) is 2. The molecule has 0 aliphatic carbocycles. The van der Waals surface area contributed by atoms with Crippen LogP contribution in [-0.4, -0.2) is 16.5 Å². The van der Waals surface area contributed by atoms with Crippen molar-refractivity contribution in [2.75, 3.05) is 7.05 Å². The van der Waals surface area contributed by atoms with Gasteiger partial charge in [0.1, 0.15) is 0 Å². The largest absolute Gasteiger partial charge is 0.349 e. The first-order valence-electron chi connectivity index (χ1n) is 6.71. The number of benzene rings is 1. The van der Waals surface area contributed by atoms with Crippen LogP contribution >= 0.6 is 0 Å². The second kappa shape index (κ2) is 6.34. The van der Waals surface area contributed by atoms with E-state index in [1.165, 1.54) is 5.56 Å². The van der Waals surface area contributed by atoms with Crippen LogP contribution in [0, 0.1) is 10.1 Å². The van der Waals surface area contributed by atoms with Crippen molar-refractivity contribution in [1.29, 1.82) is 0 Å². The lowest BCUT2D eigenvalue weighted by atomic mass is 10.1. The predicted octanol–water partition coefficient (Wildman–Crippen LogP) is 3.12. The quantitative estimate of drug-likeness (QED) is 0.650. The van der Waals surface area contributed by atoms with Crippen LogP contribution < -0.4 is 5.32 Å². The number of hydrogen-bond donors (Lipinski definition) is 1. The van der Waals surface area contributed by atoms with Crippen LogP contribution in [0.1, 0.15) is 30.5 Å². The standard InChI is InChI=1S/C15H19N3O2/c1-3-14(16-2)12-8-9-17(10-12)11-13-6-4-5-7-15(13)18(19)20/h4-10,14,16H,3,11H2,1-2H3. The van der Waals surface area contributed by atoms with Gasteiger partial charge in [-0.15, -0.1) is 0 Å². The predicted molar refractivity (Wildman–Crippen MR) is 78.7 cm³/mol. The SMILES string of the molecule is CCC(NC)c1ccn(Cc2ccccc2[N+](=O)[O-])c1. The van der Waals surface area contributed by atoms with Gasteiger partial charge in [-0.1, -0.05) is 25.1 Å². The summed E-state index contributed by atoms with van der Waals surface area (Å²) in [7, 11) is 1.94. The van der Waals surface area contributed by atoms with Crippen LogP contribution in [0.25, 0.3) is 0 Å². The maximum absolute atomic E-state index is 11.0. The van der Waals surface area contributed by atoms with Gasteiger partial charge in [-0.25, -0.2) is 0 Å². The topological polar surface area (TPSA) is 60.1 Å². The van der Waals surface area contributed by atoms with Gasteiger partial charge in [-0.2, -0.15) is 0 Å². The van der Waals surface area contributed by atoms with Crippen molar-refractivity contribution in [3.63, 3.8) is 0 Å². The molecule has 0 spiro atoms. The van der Waals surface area contributed by atoms with E-state index in [1.807, 2.05) is 30.1 Å². The molecule has 1 aromatic heterocycles. The summed E-state index contributed by atoms with van der Waals surface area (Å²) in [4.78, 5) is 10.7. The maximum atomic E-state index is 11.0. The molecule has 20 heavy (non-hydrogen) atoms. The second-order valence-corrected chi connectivity index (χ2v) is 4.75. The van der Waals surface area contributed by atoms with Crippen molar-refractivity contribution in [1.82, 2.24) is 9.88 Å². The first-order valence-corrected chi connectivity index (χ1v) is 6.71. The molecule has 0 fully saturated rings. The molecule has 0 saturated carbocycles. The molecule has 1 heterocycles. The normalized spacial score (nSPS) is 12.3. The number of nitrogens with one attached hydrogen (secondary N) is 1. The Kier molecular flexibility index (Phi) is 4.53. The molecule has 2 aromatic rings. The van der Waals surface area contributed by atoms with Crippen molar-refractivity contribution in [3.05, 3.63) is 64.0 Å². The zero-order valence-corrected chi connectivity index (χ0v) is 11.7. The highest BCUT2D eigenvalue weighted by Gasteiger charge is 2.13. The van der Waals surface area contributed by atoms with Gasteiger partial charge in [0, 0.05) is 30.1 Å². The Morgan fingerprint density at radius 2 is 2.10 bits per heavy atom. The molecule has 0 saturated heterocycles. The maximum Gasteiger partial charge on any atom is 0.274 e. The van der Waals surface area contributed by atoms with Crippen LogP contribution in [0.3, 0.4) is 0 Å². The molecule has 0 aliphatic heterocycles. The van der Waals surface area contributed by atoms with Crippen LogP contribution in [0.15, 0.2) is 42.7 Å². The van der Waals surface area contributed by atoms with Crippen LogP contribution in [-0.2, 0) is 6.54 Å². The first-order chi connectivity index (χ1) is 9.65. The molecule has 106 valence electrons. The summed E-state index contributed by atoms with van der Waals surface area (Å²) in [5.74, 6) is 0. The monoisotopic (exact) mass is 273 g/mol. The highest BCUT2D eigenvalue weighted by molar-refractivity contribution is 5.40. The lowest BCUT2D eigenvalue weighted by Crippen LogP contribution is -2.14.